The van der Waals surface area contributed by atoms with Crippen molar-refractivity contribution in [2.75, 3.05) is 26.4 Å². The van der Waals surface area contributed by atoms with Crippen molar-refractivity contribution in [1.29, 1.82) is 0 Å². The molecule has 0 unspecified atom stereocenters. The number of hydrogen-bond acceptors (Lipinski definition) is 6. The van der Waals surface area contributed by atoms with Gasteiger partial charge in [0, 0.05) is 18.6 Å². The van der Waals surface area contributed by atoms with Crippen LogP contribution in [0.15, 0.2) is 11.3 Å². The summed E-state index contributed by atoms with van der Waals surface area (Å²) in [5, 5.41) is 0. The van der Waals surface area contributed by atoms with Gasteiger partial charge in [0.05, 0.1) is 25.5 Å². The fourth-order valence-corrected chi connectivity index (χ4v) is 4.97. The first-order valence-electron chi connectivity index (χ1n) is 11.2. The number of carbonyl (C=O) groups is 2. The highest BCUT2D eigenvalue weighted by Gasteiger charge is 2.40. The SMILES string of the molecule is CCOC(=O)C1=C(C(=O)OCC)N(C2CCCCC2)CN(C2CCCCC2)C1. The van der Waals surface area contributed by atoms with Gasteiger partial charge in [-0.3, -0.25) is 4.90 Å². The zero-order chi connectivity index (χ0) is 19.9. The maximum Gasteiger partial charge on any atom is 0.355 e. The molecule has 6 heteroatoms. The van der Waals surface area contributed by atoms with Crippen LogP contribution in [0.5, 0.6) is 0 Å². The minimum atomic E-state index is -0.376. The van der Waals surface area contributed by atoms with Gasteiger partial charge in [-0.1, -0.05) is 38.5 Å². The van der Waals surface area contributed by atoms with Gasteiger partial charge in [-0.25, -0.2) is 9.59 Å². The second kappa shape index (κ2) is 10.3. The van der Waals surface area contributed by atoms with Gasteiger partial charge in [0.1, 0.15) is 5.70 Å². The molecule has 158 valence electrons. The van der Waals surface area contributed by atoms with Crippen LogP contribution in [0, 0.1) is 0 Å². The number of hydrogen-bond donors (Lipinski definition) is 0. The molecule has 0 aromatic heterocycles. The molecule has 28 heavy (non-hydrogen) atoms. The van der Waals surface area contributed by atoms with Gasteiger partial charge in [-0.05, 0) is 39.5 Å². The lowest BCUT2D eigenvalue weighted by atomic mass is 9.91. The zero-order valence-corrected chi connectivity index (χ0v) is 17.6. The van der Waals surface area contributed by atoms with E-state index in [1.54, 1.807) is 0 Å². The van der Waals surface area contributed by atoms with Crippen LogP contribution in [-0.2, 0) is 19.1 Å². The van der Waals surface area contributed by atoms with E-state index in [-0.39, 0.29) is 11.9 Å². The Labute approximate surface area is 169 Å². The van der Waals surface area contributed by atoms with Crippen LogP contribution in [0.2, 0.25) is 0 Å². The molecule has 2 aliphatic carbocycles. The van der Waals surface area contributed by atoms with Gasteiger partial charge in [-0.15, -0.1) is 0 Å². The molecule has 0 spiro atoms. The lowest BCUT2D eigenvalue weighted by Crippen LogP contribution is -2.54. The Balaban J connectivity index is 1.95. The highest BCUT2D eigenvalue weighted by molar-refractivity contribution is 6.00. The lowest BCUT2D eigenvalue weighted by molar-refractivity contribution is -0.145. The van der Waals surface area contributed by atoms with Crippen LogP contribution in [-0.4, -0.2) is 60.2 Å². The molecule has 1 aliphatic heterocycles. The molecular formula is C22H36N2O4. The minimum Gasteiger partial charge on any atom is -0.463 e. The van der Waals surface area contributed by atoms with Crippen molar-refractivity contribution in [3.8, 4) is 0 Å². The van der Waals surface area contributed by atoms with E-state index in [4.69, 9.17) is 9.47 Å². The van der Waals surface area contributed by atoms with Crippen LogP contribution in [0.1, 0.15) is 78.1 Å². The van der Waals surface area contributed by atoms with E-state index in [1.807, 2.05) is 13.8 Å². The molecular weight excluding hydrogens is 356 g/mol. The molecule has 2 fully saturated rings. The zero-order valence-electron chi connectivity index (χ0n) is 17.6. The van der Waals surface area contributed by atoms with Gasteiger partial charge in [0.2, 0.25) is 0 Å². The van der Waals surface area contributed by atoms with Crippen molar-refractivity contribution in [3.05, 3.63) is 11.3 Å². The summed E-state index contributed by atoms with van der Waals surface area (Å²) in [5.41, 5.74) is 0.946. The first-order valence-corrected chi connectivity index (χ1v) is 11.2. The molecule has 3 aliphatic rings. The Morgan fingerprint density at radius 2 is 1.36 bits per heavy atom. The fourth-order valence-electron chi connectivity index (χ4n) is 4.97. The quantitative estimate of drug-likeness (QED) is 0.644. The summed E-state index contributed by atoms with van der Waals surface area (Å²) in [6, 6.07) is 0.775. The Hall–Kier alpha value is -1.56. The van der Waals surface area contributed by atoms with Gasteiger partial charge < -0.3 is 14.4 Å². The second-order valence-corrected chi connectivity index (χ2v) is 8.21. The monoisotopic (exact) mass is 392 g/mol. The summed E-state index contributed by atoms with van der Waals surface area (Å²) in [5.74, 6) is -0.744. The Bertz CT molecular complexity index is 577. The largest absolute Gasteiger partial charge is 0.463 e. The topological polar surface area (TPSA) is 59.1 Å². The maximum atomic E-state index is 12.9. The predicted octanol–water partition coefficient (Wildman–Crippen LogP) is 3.61. The number of rotatable bonds is 6. The van der Waals surface area contributed by atoms with Crippen molar-refractivity contribution in [2.24, 2.45) is 0 Å². The highest BCUT2D eigenvalue weighted by atomic mass is 16.5. The molecule has 6 nitrogen and oxygen atoms in total. The minimum absolute atomic E-state index is 0.295. The Morgan fingerprint density at radius 1 is 0.821 bits per heavy atom. The van der Waals surface area contributed by atoms with Crippen LogP contribution in [0.3, 0.4) is 0 Å². The van der Waals surface area contributed by atoms with Gasteiger partial charge in [0.15, 0.2) is 0 Å². The number of esters is 2. The summed E-state index contributed by atoms with van der Waals surface area (Å²) >= 11 is 0. The summed E-state index contributed by atoms with van der Waals surface area (Å²) in [6.45, 7) is 5.44. The molecule has 0 atom stereocenters. The standard InChI is InChI=1S/C22H36N2O4/c1-3-27-21(25)19-15-23(17-11-7-5-8-12-17)16-24(18-13-9-6-10-14-18)20(19)22(26)28-4-2/h17-18H,3-16H2,1-2H3. The third-order valence-corrected chi connectivity index (χ3v) is 6.37. The lowest BCUT2D eigenvalue weighted by Gasteiger charge is -2.46. The fraction of sp³-hybridized carbons (Fsp3) is 0.818. The average Bonchev–Trinajstić information content (AvgIpc) is 2.74. The molecule has 0 aromatic carbocycles. The van der Waals surface area contributed by atoms with Crippen molar-refractivity contribution in [3.63, 3.8) is 0 Å². The first kappa shape index (κ1) is 21.2. The third-order valence-electron chi connectivity index (χ3n) is 6.37. The van der Waals surface area contributed by atoms with Gasteiger partial charge >= 0.3 is 11.9 Å². The molecule has 2 saturated carbocycles. The number of carbonyl (C=O) groups excluding carboxylic acids is 2. The molecule has 0 N–H and O–H groups in total. The highest BCUT2D eigenvalue weighted by Crippen LogP contribution is 2.33. The average molecular weight is 393 g/mol. The normalized spacial score (nSPS) is 23.0. The molecule has 0 amide bonds. The Kier molecular flexibility index (Phi) is 7.77. The van der Waals surface area contributed by atoms with E-state index in [1.165, 1.54) is 51.4 Å². The van der Waals surface area contributed by atoms with Crippen molar-refractivity contribution in [1.82, 2.24) is 9.80 Å². The first-order chi connectivity index (χ1) is 13.7. The molecule has 0 bridgehead atoms. The Morgan fingerprint density at radius 3 is 1.93 bits per heavy atom. The van der Waals surface area contributed by atoms with Crippen molar-refractivity contribution >= 4 is 11.9 Å². The van der Waals surface area contributed by atoms with E-state index >= 15 is 0 Å². The molecule has 3 rings (SSSR count). The van der Waals surface area contributed by atoms with Crippen LogP contribution < -0.4 is 0 Å². The van der Waals surface area contributed by atoms with E-state index in [2.05, 4.69) is 9.80 Å². The van der Waals surface area contributed by atoms with E-state index in [9.17, 15) is 9.59 Å². The summed E-state index contributed by atoms with van der Waals surface area (Å²) < 4.78 is 10.7. The summed E-state index contributed by atoms with van der Waals surface area (Å²) in [7, 11) is 0. The maximum absolute atomic E-state index is 12.9. The van der Waals surface area contributed by atoms with Crippen molar-refractivity contribution < 1.29 is 19.1 Å². The van der Waals surface area contributed by atoms with Gasteiger partial charge in [0.25, 0.3) is 0 Å². The van der Waals surface area contributed by atoms with E-state index in [0.717, 1.165) is 12.8 Å². The summed E-state index contributed by atoms with van der Waals surface area (Å²) in [4.78, 5) is 30.3. The van der Waals surface area contributed by atoms with Crippen LogP contribution in [0.4, 0.5) is 0 Å². The van der Waals surface area contributed by atoms with Crippen LogP contribution in [0.25, 0.3) is 0 Å². The van der Waals surface area contributed by atoms with E-state index in [0.29, 0.717) is 49.8 Å². The third kappa shape index (κ3) is 4.88. The molecule has 0 saturated heterocycles. The number of nitrogens with zero attached hydrogens (tertiary/aromatic N) is 2. The van der Waals surface area contributed by atoms with Gasteiger partial charge in [-0.2, -0.15) is 0 Å². The molecule has 0 radical (unpaired) electrons. The van der Waals surface area contributed by atoms with Crippen molar-refractivity contribution in [2.45, 2.75) is 90.1 Å². The number of ether oxygens (including phenoxy) is 2. The molecule has 1 heterocycles. The van der Waals surface area contributed by atoms with E-state index < -0.39 is 0 Å². The molecule has 0 aromatic rings. The summed E-state index contributed by atoms with van der Waals surface area (Å²) in [6.07, 6.45) is 11.9. The predicted molar refractivity (Wildman–Crippen MR) is 107 cm³/mol. The second-order valence-electron chi connectivity index (χ2n) is 8.21. The van der Waals surface area contributed by atoms with Crippen LogP contribution >= 0.6 is 0 Å². The smallest absolute Gasteiger partial charge is 0.355 e.